The number of ether oxygens (including phenoxy) is 1. The van der Waals surface area contributed by atoms with Crippen LogP contribution in [-0.4, -0.2) is 58.7 Å². The van der Waals surface area contributed by atoms with Gasteiger partial charge in [-0.25, -0.2) is 19.9 Å². The van der Waals surface area contributed by atoms with Crippen LogP contribution in [0.15, 0.2) is 41.3 Å². The van der Waals surface area contributed by atoms with Crippen molar-refractivity contribution in [2.75, 3.05) is 26.0 Å². The summed E-state index contributed by atoms with van der Waals surface area (Å²) in [5, 5.41) is 7.96. The van der Waals surface area contributed by atoms with E-state index in [2.05, 4.69) is 40.9 Å². The first-order chi connectivity index (χ1) is 15.0. The Bertz CT molecular complexity index is 1000. The third-order valence-electron chi connectivity index (χ3n) is 4.36. The fourth-order valence-electron chi connectivity index (χ4n) is 2.86. The predicted octanol–water partition coefficient (Wildman–Crippen LogP) is 0.208. The van der Waals surface area contributed by atoms with Crippen molar-refractivity contribution in [3.8, 4) is 0 Å². The van der Waals surface area contributed by atoms with Crippen molar-refractivity contribution in [2.24, 2.45) is 10.7 Å². The molecule has 31 heavy (non-hydrogen) atoms. The number of amides is 2. The maximum atomic E-state index is 13.1. The second-order valence-electron chi connectivity index (χ2n) is 6.49. The van der Waals surface area contributed by atoms with Crippen molar-refractivity contribution >= 4 is 29.5 Å². The molecule has 3 heterocycles. The fraction of sp³-hybridized carbons (Fsp3) is 0.316. The van der Waals surface area contributed by atoms with Gasteiger partial charge >= 0.3 is 0 Å². The Morgan fingerprint density at radius 2 is 2.06 bits per heavy atom. The van der Waals surface area contributed by atoms with Gasteiger partial charge in [-0.2, -0.15) is 0 Å². The lowest BCUT2D eigenvalue weighted by Crippen LogP contribution is -2.34. The van der Waals surface area contributed by atoms with Crippen LogP contribution in [0.5, 0.6) is 0 Å². The Morgan fingerprint density at radius 3 is 2.71 bits per heavy atom. The molecule has 1 aliphatic rings. The van der Waals surface area contributed by atoms with Gasteiger partial charge in [0.25, 0.3) is 11.8 Å². The summed E-state index contributed by atoms with van der Waals surface area (Å²) in [5.74, 6) is -1.01. The van der Waals surface area contributed by atoms with Gasteiger partial charge in [-0.1, -0.05) is 0 Å². The fourth-order valence-corrected chi connectivity index (χ4v) is 2.86. The lowest BCUT2D eigenvalue weighted by Gasteiger charge is -2.15. The number of hydrogen-bond acceptors (Lipinski definition) is 10. The first-order valence-electron chi connectivity index (χ1n) is 9.49. The lowest BCUT2D eigenvalue weighted by molar-refractivity contribution is -0.117. The quantitative estimate of drug-likeness (QED) is 0.358. The molecule has 1 aliphatic heterocycles. The summed E-state index contributed by atoms with van der Waals surface area (Å²) in [4.78, 5) is 45.6. The summed E-state index contributed by atoms with van der Waals surface area (Å²) in [6, 6.07) is 0. The molecule has 0 aliphatic carbocycles. The summed E-state index contributed by atoms with van der Waals surface area (Å²) in [6.45, 7) is 0.623. The van der Waals surface area contributed by atoms with Gasteiger partial charge < -0.3 is 26.4 Å². The highest BCUT2D eigenvalue weighted by Gasteiger charge is 2.24. The minimum atomic E-state index is -0.631. The number of aromatic nitrogens is 4. The Labute approximate surface area is 178 Å². The zero-order valence-electron chi connectivity index (χ0n) is 17.1. The van der Waals surface area contributed by atoms with Gasteiger partial charge in [0.05, 0.1) is 35.7 Å². The molecule has 2 aromatic rings. The van der Waals surface area contributed by atoms with Gasteiger partial charge in [-0.15, -0.1) is 0 Å². The molecule has 0 spiro atoms. The van der Waals surface area contributed by atoms with E-state index in [0.29, 0.717) is 18.0 Å². The van der Waals surface area contributed by atoms with Crippen molar-refractivity contribution in [1.29, 1.82) is 0 Å². The summed E-state index contributed by atoms with van der Waals surface area (Å²) in [5.41, 5.74) is 6.73. The predicted molar refractivity (Wildman–Crippen MR) is 112 cm³/mol. The molecule has 5 N–H and O–H groups in total. The van der Waals surface area contributed by atoms with Gasteiger partial charge in [0.2, 0.25) is 0 Å². The van der Waals surface area contributed by atoms with Crippen molar-refractivity contribution in [1.82, 2.24) is 30.6 Å². The SMILES string of the molecule is CN=CC(NC(=O)c1nc(C2CCCO2)cnc1Nc1cncnc1)=C(N)C(=O)NC. The van der Waals surface area contributed by atoms with Crippen LogP contribution < -0.4 is 21.7 Å². The largest absolute Gasteiger partial charge is 0.393 e. The number of carbonyl (C=O) groups excluding carboxylic acids is 2. The van der Waals surface area contributed by atoms with E-state index in [1.807, 2.05) is 0 Å². The molecule has 1 atom stereocenters. The molecule has 0 radical (unpaired) electrons. The third-order valence-corrected chi connectivity index (χ3v) is 4.36. The molecule has 12 heteroatoms. The molecule has 0 bridgehead atoms. The Kier molecular flexibility index (Phi) is 7.17. The molecule has 162 valence electrons. The number of aliphatic imine (C=N–C) groups is 1. The first kappa shape index (κ1) is 21.8. The molecule has 0 aromatic carbocycles. The van der Waals surface area contributed by atoms with Crippen molar-refractivity contribution in [3.63, 3.8) is 0 Å². The molecule has 0 saturated carbocycles. The summed E-state index contributed by atoms with van der Waals surface area (Å²) in [6.07, 6.45) is 8.72. The molecule has 1 fully saturated rings. The minimum absolute atomic E-state index is 0.0106. The Balaban J connectivity index is 1.97. The second-order valence-corrected chi connectivity index (χ2v) is 6.49. The summed E-state index contributed by atoms with van der Waals surface area (Å²) < 4.78 is 5.66. The van der Waals surface area contributed by atoms with Crippen molar-refractivity contribution in [2.45, 2.75) is 18.9 Å². The van der Waals surface area contributed by atoms with Crippen LogP contribution >= 0.6 is 0 Å². The van der Waals surface area contributed by atoms with E-state index in [0.717, 1.165) is 12.8 Å². The lowest BCUT2D eigenvalue weighted by atomic mass is 10.2. The number of carbonyl (C=O) groups is 2. The third kappa shape index (κ3) is 5.36. The monoisotopic (exact) mass is 425 g/mol. The smallest absolute Gasteiger partial charge is 0.278 e. The van der Waals surface area contributed by atoms with Gasteiger partial charge in [0.15, 0.2) is 11.5 Å². The van der Waals surface area contributed by atoms with Crippen LogP contribution in [0.3, 0.4) is 0 Å². The first-order valence-corrected chi connectivity index (χ1v) is 9.49. The van der Waals surface area contributed by atoms with Crippen LogP contribution in [0, 0.1) is 0 Å². The highest BCUT2D eigenvalue weighted by molar-refractivity contribution is 6.05. The van der Waals surface area contributed by atoms with E-state index in [1.54, 1.807) is 6.20 Å². The van der Waals surface area contributed by atoms with E-state index >= 15 is 0 Å². The molecule has 1 unspecified atom stereocenters. The topological polar surface area (TPSA) is 169 Å². The number of anilines is 2. The van der Waals surface area contributed by atoms with Crippen LogP contribution in [0.4, 0.5) is 11.5 Å². The van der Waals surface area contributed by atoms with E-state index < -0.39 is 11.8 Å². The highest BCUT2D eigenvalue weighted by Crippen LogP contribution is 2.28. The maximum Gasteiger partial charge on any atom is 0.278 e. The zero-order chi connectivity index (χ0) is 22.2. The van der Waals surface area contributed by atoms with E-state index in [4.69, 9.17) is 10.5 Å². The van der Waals surface area contributed by atoms with E-state index in [1.165, 1.54) is 39.0 Å². The van der Waals surface area contributed by atoms with Crippen LogP contribution in [0.25, 0.3) is 0 Å². The summed E-state index contributed by atoms with van der Waals surface area (Å²) >= 11 is 0. The van der Waals surface area contributed by atoms with Crippen LogP contribution in [0.2, 0.25) is 0 Å². The molecular formula is C19H23N9O3. The second kappa shape index (κ2) is 10.2. The molecule has 1 saturated heterocycles. The number of hydrogen-bond donors (Lipinski definition) is 4. The number of allylic oxidation sites excluding steroid dienone is 1. The number of nitrogens with zero attached hydrogens (tertiary/aromatic N) is 5. The normalized spacial score (nSPS) is 16.6. The number of nitrogens with two attached hydrogens (primary N) is 1. The Hall–Kier alpha value is -3.93. The zero-order valence-corrected chi connectivity index (χ0v) is 17.1. The van der Waals surface area contributed by atoms with Crippen LogP contribution in [-0.2, 0) is 9.53 Å². The van der Waals surface area contributed by atoms with Crippen molar-refractivity contribution in [3.05, 3.63) is 47.7 Å². The minimum Gasteiger partial charge on any atom is -0.393 e. The maximum absolute atomic E-state index is 13.1. The average Bonchev–Trinajstić information content (AvgIpc) is 3.33. The van der Waals surface area contributed by atoms with Gasteiger partial charge in [0.1, 0.15) is 18.1 Å². The van der Waals surface area contributed by atoms with Crippen molar-refractivity contribution < 1.29 is 14.3 Å². The summed E-state index contributed by atoms with van der Waals surface area (Å²) in [7, 11) is 2.92. The number of rotatable bonds is 7. The molecule has 2 aromatic heterocycles. The average molecular weight is 425 g/mol. The molecular weight excluding hydrogens is 402 g/mol. The molecule has 12 nitrogen and oxygen atoms in total. The highest BCUT2D eigenvalue weighted by atomic mass is 16.5. The standard InChI is InChI=1S/C19H23N9O3/c1-21-8-13(15(20)18(29)22-2)28-19(30)16-17(26-11-6-23-10-24-7-11)25-9-12(27-16)14-4-3-5-31-14/h6-10,14H,3-5,20H2,1-2H3,(H,22,29)(H,25,26)(H,28,30). The van der Waals surface area contributed by atoms with Gasteiger partial charge in [0, 0.05) is 26.9 Å². The number of likely N-dealkylation sites (N-methyl/N-ethyl adjacent to an activating group) is 1. The van der Waals surface area contributed by atoms with Gasteiger partial charge in [-0.3, -0.25) is 14.6 Å². The molecule has 3 rings (SSSR count). The number of nitrogens with one attached hydrogen (secondary N) is 3. The Morgan fingerprint density at radius 1 is 1.29 bits per heavy atom. The van der Waals surface area contributed by atoms with E-state index in [-0.39, 0.29) is 29.0 Å². The molecule has 2 amide bonds. The van der Waals surface area contributed by atoms with Crippen LogP contribution in [0.1, 0.15) is 35.1 Å². The van der Waals surface area contributed by atoms with E-state index in [9.17, 15) is 9.59 Å². The van der Waals surface area contributed by atoms with Gasteiger partial charge in [-0.05, 0) is 12.8 Å².